The second-order valence-electron chi connectivity index (χ2n) is 12.6. The topological polar surface area (TPSA) is 38.7 Å². The lowest BCUT2D eigenvalue weighted by molar-refractivity contribution is 0.722. The van der Waals surface area contributed by atoms with Gasteiger partial charge in [-0.15, -0.1) is 0 Å². The van der Waals surface area contributed by atoms with Crippen LogP contribution in [0.5, 0.6) is 0 Å². The molecule has 4 heteroatoms. The van der Waals surface area contributed by atoms with Gasteiger partial charge >= 0.3 is 0 Å². The maximum absolute atomic E-state index is 4.99. The molecule has 3 heterocycles. The van der Waals surface area contributed by atoms with E-state index in [1.165, 1.54) is 43.2 Å². The molecule has 1 spiro atoms. The van der Waals surface area contributed by atoms with Crippen LogP contribution in [0.2, 0.25) is 0 Å². The average molecular weight is 622 g/mol. The molecule has 0 atom stereocenters. The Balaban J connectivity index is 1.39. The van der Waals surface area contributed by atoms with Crippen molar-refractivity contribution in [2.75, 3.05) is 0 Å². The van der Waals surface area contributed by atoms with Gasteiger partial charge in [-0.3, -0.25) is 4.98 Å². The zero-order valence-corrected chi connectivity index (χ0v) is 27.3. The van der Waals surface area contributed by atoms with Gasteiger partial charge < -0.3 is 0 Å². The van der Waals surface area contributed by atoms with Gasteiger partial charge in [0.05, 0.1) is 11.1 Å². The lowest BCUT2D eigenvalue weighted by Crippen LogP contribution is -2.31. The Morgan fingerprint density at radius 1 is 0.511 bits per heavy atom. The summed E-state index contributed by atoms with van der Waals surface area (Å²) in [5, 5.41) is 0. The van der Waals surface area contributed by atoms with Crippen LogP contribution in [-0.2, 0) is 5.41 Å². The molecular formula is C43H31N3S. The second-order valence-corrected chi connectivity index (χ2v) is 13.7. The van der Waals surface area contributed by atoms with E-state index in [-0.39, 0.29) is 0 Å². The van der Waals surface area contributed by atoms with Crippen molar-refractivity contribution in [1.29, 1.82) is 0 Å². The first-order chi connectivity index (χ1) is 23.0. The molecule has 47 heavy (non-hydrogen) atoms. The smallest absolute Gasteiger partial charge is 0.160 e. The number of aromatic nitrogens is 3. The van der Waals surface area contributed by atoms with Crippen molar-refractivity contribution in [3.63, 3.8) is 0 Å². The van der Waals surface area contributed by atoms with Crippen LogP contribution in [0.4, 0.5) is 0 Å². The Morgan fingerprint density at radius 2 is 1.15 bits per heavy atom. The molecule has 3 nitrogen and oxygen atoms in total. The average Bonchev–Trinajstić information content (AvgIpc) is 3.38. The Morgan fingerprint density at radius 3 is 1.85 bits per heavy atom. The minimum absolute atomic E-state index is 0.478. The molecule has 0 unspecified atom stereocenters. The fraction of sp³-hybridized carbons (Fsp3) is 0.0930. The molecule has 0 saturated carbocycles. The summed E-state index contributed by atoms with van der Waals surface area (Å²) in [6.45, 7) is 6.18. The van der Waals surface area contributed by atoms with E-state index in [2.05, 4.69) is 142 Å². The summed E-state index contributed by atoms with van der Waals surface area (Å²) in [4.78, 5) is 17.4. The highest BCUT2D eigenvalue weighted by Gasteiger charge is 2.51. The van der Waals surface area contributed by atoms with Crippen LogP contribution in [0, 0.1) is 20.8 Å². The number of aryl methyl sites for hydroxylation is 3. The zero-order chi connectivity index (χ0) is 31.7. The molecule has 1 aliphatic carbocycles. The van der Waals surface area contributed by atoms with E-state index in [1.54, 1.807) is 0 Å². The normalized spacial score (nSPS) is 13.5. The summed E-state index contributed by atoms with van der Waals surface area (Å²) in [5.74, 6) is 0.767. The quantitative estimate of drug-likeness (QED) is 0.197. The highest BCUT2D eigenvalue weighted by Crippen LogP contribution is 2.63. The number of nitrogens with zero attached hydrogens (tertiary/aromatic N) is 3. The van der Waals surface area contributed by atoms with Crippen molar-refractivity contribution in [3.05, 3.63) is 173 Å². The van der Waals surface area contributed by atoms with Crippen LogP contribution < -0.4 is 0 Å². The highest BCUT2D eigenvalue weighted by atomic mass is 32.2. The summed E-state index contributed by atoms with van der Waals surface area (Å²) >= 11 is 1.87. The second kappa shape index (κ2) is 10.6. The third kappa shape index (κ3) is 4.18. The third-order valence-corrected chi connectivity index (χ3v) is 10.8. The van der Waals surface area contributed by atoms with Crippen molar-refractivity contribution in [1.82, 2.24) is 15.0 Å². The van der Waals surface area contributed by atoms with Crippen molar-refractivity contribution < 1.29 is 0 Å². The summed E-state index contributed by atoms with van der Waals surface area (Å²) in [5.41, 5.74) is 15.7. The van der Waals surface area contributed by atoms with E-state index in [4.69, 9.17) is 15.0 Å². The number of rotatable bonds is 3. The Bertz CT molecular complexity index is 2310. The predicted molar refractivity (Wildman–Crippen MR) is 192 cm³/mol. The van der Waals surface area contributed by atoms with E-state index in [9.17, 15) is 0 Å². The molecule has 0 bridgehead atoms. The number of pyridine rings is 1. The fourth-order valence-corrected chi connectivity index (χ4v) is 8.93. The molecule has 0 amide bonds. The molecule has 0 fully saturated rings. The maximum atomic E-state index is 4.99. The molecule has 0 radical (unpaired) electrons. The summed E-state index contributed by atoms with van der Waals surface area (Å²) in [7, 11) is 0. The molecule has 0 saturated heterocycles. The van der Waals surface area contributed by atoms with E-state index in [0.29, 0.717) is 0 Å². The molecular weight excluding hydrogens is 591 g/mol. The lowest BCUT2D eigenvalue weighted by Gasteiger charge is -2.39. The van der Waals surface area contributed by atoms with Crippen molar-refractivity contribution in [2.24, 2.45) is 0 Å². The Hall–Kier alpha value is -5.32. The molecule has 5 aromatic carbocycles. The van der Waals surface area contributed by atoms with Crippen LogP contribution in [0.3, 0.4) is 0 Å². The van der Waals surface area contributed by atoms with Gasteiger partial charge in [-0.05, 0) is 101 Å². The van der Waals surface area contributed by atoms with Crippen molar-refractivity contribution in [3.8, 4) is 44.9 Å². The number of hydrogen-bond acceptors (Lipinski definition) is 4. The largest absolute Gasteiger partial charge is 0.256 e. The molecule has 7 aromatic rings. The number of fused-ring (bicyclic) bond motifs is 9. The van der Waals surface area contributed by atoms with Gasteiger partial charge in [0.15, 0.2) is 5.82 Å². The first-order valence-corrected chi connectivity index (χ1v) is 16.8. The Labute approximate surface area is 279 Å². The van der Waals surface area contributed by atoms with E-state index in [1.807, 2.05) is 24.0 Å². The monoisotopic (exact) mass is 621 g/mol. The van der Waals surface area contributed by atoms with Crippen molar-refractivity contribution >= 4 is 11.8 Å². The van der Waals surface area contributed by atoms with Gasteiger partial charge in [0.1, 0.15) is 0 Å². The predicted octanol–water partition coefficient (Wildman–Crippen LogP) is 10.6. The molecule has 2 aromatic heterocycles. The number of benzene rings is 5. The summed E-state index contributed by atoms with van der Waals surface area (Å²) in [6.07, 6.45) is 1.95. The van der Waals surface area contributed by atoms with Gasteiger partial charge in [-0.1, -0.05) is 109 Å². The summed E-state index contributed by atoms with van der Waals surface area (Å²) in [6, 6.07) is 46.6. The van der Waals surface area contributed by atoms with Crippen LogP contribution >= 0.6 is 11.8 Å². The zero-order valence-electron chi connectivity index (χ0n) is 26.5. The van der Waals surface area contributed by atoms with Gasteiger partial charge in [0, 0.05) is 38.5 Å². The molecule has 9 rings (SSSR count). The van der Waals surface area contributed by atoms with Crippen LogP contribution in [0.1, 0.15) is 39.2 Å². The summed E-state index contributed by atoms with van der Waals surface area (Å²) < 4.78 is 0. The molecule has 224 valence electrons. The molecule has 0 N–H and O–H groups in total. The first-order valence-electron chi connectivity index (χ1n) is 16.0. The third-order valence-electron chi connectivity index (χ3n) is 9.61. The molecule has 2 aliphatic rings. The number of hydrogen-bond donors (Lipinski definition) is 0. The fourth-order valence-electron chi connectivity index (χ4n) is 7.74. The Kier molecular flexibility index (Phi) is 6.31. The first kappa shape index (κ1) is 27.9. The van der Waals surface area contributed by atoms with Crippen LogP contribution in [-0.4, -0.2) is 15.0 Å². The van der Waals surface area contributed by atoms with Gasteiger partial charge in [0.2, 0.25) is 0 Å². The minimum atomic E-state index is -0.478. The van der Waals surface area contributed by atoms with E-state index < -0.39 is 5.41 Å². The van der Waals surface area contributed by atoms with Crippen LogP contribution in [0.25, 0.3) is 44.9 Å². The SMILES string of the molecule is Cc1ccc(-c2ccccc2-c2ccc3c(c2)-c2c(-c4nc(C)cc(C)n4)cccc2C32c3ccccc3Sc3ccccc32)nc1. The van der Waals surface area contributed by atoms with Gasteiger partial charge in [0.25, 0.3) is 0 Å². The van der Waals surface area contributed by atoms with E-state index in [0.717, 1.165) is 50.7 Å². The standard InChI is InChI=1S/C43H31N3S/c1-26-19-22-38(44-25-26)31-12-5-4-11-30(31)29-20-21-34-33(24-29)41-32(42-45-27(2)23-28(3)46-42)13-10-16-37(41)43(34)35-14-6-8-17-39(35)47-40-18-9-7-15-36(40)43/h4-25H,1-3H3. The minimum Gasteiger partial charge on any atom is -0.256 e. The van der Waals surface area contributed by atoms with E-state index >= 15 is 0 Å². The van der Waals surface area contributed by atoms with Crippen molar-refractivity contribution in [2.45, 2.75) is 36.0 Å². The molecule has 1 aliphatic heterocycles. The van der Waals surface area contributed by atoms with Crippen LogP contribution in [0.15, 0.2) is 143 Å². The van der Waals surface area contributed by atoms with Gasteiger partial charge in [-0.25, -0.2) is 9.97 Å². The maximum Gasteiger partial charge on any atom is 0.160 e. The van der Waals surface area contributed by atoms with Gasteiger partial charge in [-0.2, -0.15) is 0 Å². The lowest BCUT2D eigenvalue weighted by atomic mass is 9.67. The highest BCUT2D eigenvalue weighted by molar-refractivity contribution is 7.99.